The topological polar surface area (TPSA) is 91.4 Å². The minimum Gasteiger partial charge on any atom is -0.455 e. The standard InChI is InChI=1S/C23H26N4O4/c1-14-3-5-17(24-9-14)12-27-11-16-4-6-19-20(21(16)26-27)15(2)22(31-19)23(28)25-10-18-13-29-7-8-30-18/h3,5,9,11,18H,4,6-8,10,12-13H2,1-2H3,(H,25,28)/t18-/m1/s1. The second-order valence-electron chi connectivity index (χ2n) is 8.16. The number of aromatic nitrogens is 3. The summed E-state index contributed by atoms with van der Waals surface area (Å²) in [4.78, 5) is 17.3. The number of furan rings is 1. The van der Waals surface area contributed by atoms with Crippen LogP contribution in [0.5, 0.6) is 0 Å². The van der Waals surface area contributed by atoms with E-state index in [1.807, 2.05) is 30.8 Å². The van der Waals surface area contributed by atoms with Crippen molar-refractivity contribution in [2.24, 2.45) is 0 Å². The van der Waals surface area contributed by atoms with Crippen molar-refractivity contribution in [1.82, 2.24) is 20.1 Å². The van der Waals surface area contributed by atoms with Crippen LogP contribution in [-0.2, 0) is 28.9 Å². The quantitative estimate of drug-likeness (QED) is 0.679. The SMILES string of the molecule is Cc1ccc(Cn2cc3c(n2)-c2c(oc(C(=O)NC[C@@H]4COCCO4)c2C)CC3)nc1. The Balaban J connectivity index is 1.35. The first kappa shape index (κ1) is 20.0. The number of hydrogen-bond donors (Lipinski definition) is 1. The summed E-state index contributed by atoms with van der Waals surface area (Å²) in [6.45, 7) is 6.60. The lowest BCUT2D eigenvalue weighted by molar-refractivity contribution is -0.0856. The molecule has 0 bridgehead atoms. The lowest BCUT2D eigenvalue weighted by Crippen LogP contribution is -2.39. The molecule has 1 atom stereocenters. The molecule has 3 aromatic heterocycles. The monoisotopic (exact) mass is 422 g/mol. The van der Waals surface area contributed by atoms with E-state index in [9.17, 15) is 4.79 Å². The van der Waals surface area contributed by atoms with Crippen molar-refractivity contribution in [2.45, 2.75) is 39.3 Å². The number of carbonyl (C=O) groups excluding carboxylic acids is 1. The van der Waals surface area contributed by atoms with E-state index in [0.29, 0.717) is 38.7 Å². The molecule has 1 amide bonds. The molecule has 1 N–H and O–H groups in total. The fourth-order valence-corrected chi connectivity index (χ4v) is 4.16. The van der Waals surface area contributed by atoms with E-state index in [1.54, 1.807) is 0 Å². The number of pyridine rings is 1. The molecule has 1 aliphatic carbocycles. The molecule has 0 aromatic carbocycles. The average molecular weight is 422 g/mol. The predicted octanol–water partition coefficient (Wildman–Crippen LogP) is 2.45. The Bertz CT molecular complexity index is 1090. The summed E-state index contributed by atoms with van der Waals surface area (Å²) in [6.07, 6.45) is 5.41. The van der Waals surface area contributed by atoms with E-state index < -0.39 is 0 Å². The molecule has 1 saturated heterocycles. The van der Waals surface area contributed by atoms with Gasteiger partial charge in [-0.05, 0) is 37.5 Å². The van der Waals surface area contributed by atoms with E-state index in [2.05, 4.69) is 22.6 Å². The molecule has 0 unspecified atom stereocenters. The molecule has 4 heterocycles. The summed E-state index contributed by atoms with van der Waals surface area (Å²) in [7, 11) is 0. The van der Waals surface area contributed by atoms with Gasteiger partial charge in [-0.25, -0.2) is 0 Å². The van der Waals surface area contributed by atoms with Crippen molar-refractivity contribution in [3.8, 4) is 11.3 Å². The lowest BCUT2D eigenvalue weighted by atomic mass is 9.93. The number of nitrogens with one attached hydrogen (secondary N) is 1. The van der Waals surface area contributed by atoms with Gasteiger partial charge in [0.25, 0.3) is 5.91 Å². The number of ether oxygens (including phenoxy) is 2. The second kappa shape index (κ2) is 8.28. The third-order valence-electron chi connectivity index (χ3n) is 5.79. The maximum atomic E-state index is 12.8. The third kappa shape index (κ3) is 4.00. The van der Waals surface area contributed by atoms with Crippen molar-refractivity contribution in [3.05, 3.63) is 58.4 Å². The first-order chi connectivity index (χ1) is 15.1. The first-order valence-corrected chi connectivity index (χ1v) is 10.7. The highest BCUT2D eigenvalue weighted by atomic mass is 16.6. The van der Waals surface area contributed by atoms with Crippen LogP contribution in [0.2, 0.25) is 0 Å². The smallest absolute Gasteiger partial charge is 0.287 e. The van der Waals surface area contributed by atoms with Crippen LogP contribution < -0.4 is 5.32 Å². The predicted molar refractivity (Wildman–Crippen MR) is 113 cm³/mol. The van der Waals surface area contributed by atoms with Gasteiger partial charge in [0.2, 0.25) is 0 Å². The zero-order valence-corrected chi connectivity index (χ0v) is 17.8. The van der Waals surface area contributed by atoms with Crippen molar-refractivity contribution >= 4 is 5.91 Å². The first-order valence-electron chi connectivity index (χ1n) is 10.7. The summed E-state index contributed by atoms with van der Waals surface area (Å²) in [5.74, 6) is 0.946. The van der Waals surface area contributed by atoms with Gasteiger partial charge in [0.05, 0.1) is 43.9 Å². The molecule has 3 aromatic rings. The maximum absolute atomic E-state index is 12.8. The van der Waals surface area contributed by atoms with Gasteiger partial charge in [0.1, 0.15) is 5.76 Å². The largest absolute Gasteiger partial charge is 0.455 e. The van der Waals surface area contributed by atoms with Crippen LogP contribution in [0, 0.1) is 13.8 Å². The van der Waals surface area contributed by atoms with Crippen LogP contribution in [0.15, 0.2) is 28.9 Å². The van der Waals surface area contributed by atoms with E-state index in [0.717, 1.165) is 46.7 Å². The molecular weight excluding hydrogens is 396 g/mol. The number of amides is 1. The molecule has 8 heteroatoms. The van der Waals surface area contributed by atoms with E-state index in [-0.39, 0.29) is 12.0 Å². The molecule has 8 nitrogen and oxygen atoms in total. The van der Waals surface area contributed by atoms with Crippen molar-refractivity contribution in [1.29, 1.82) is 0 Å². The minimum atomic E-state index is -0.231. The molecule has 2 aliphatic rings. The van der Waals surface area contributed by atoms with E-state index in [4.69, 9.17) is 19.0 Å². The molecule has 0 radical (unpaired) electrons. The summed E-state index contributed by atoms with van der Waals surface area (Å²) in [5, 5.41) is 7.72. The van der Waals surface area contributed by atoms with E-state index in [1.165, 1.54) is 5.56 Å². The van der Waals surface area contributed by atoms with Gasteiger partial charge in [-0.2, -0.15) is 5.10 Å². The summed E-state index contributed by atoms with van der Waals surface area (Å²) < 4.78 is 18.9. The molecule has 0 spiro atoms. The molecular formula is C23H26N4O4. The van der Waals surface area contributed by atoms with Crippen LogP contribution in [0.4, 0.5) is 0 Å². The van der Waals surface area contributed by atoms with Crippen LogP contribution in [0.3, 0.4) is 0 Å². The molecule has 0 saturated carbocycles. The number of nitrogens with zero attached hydrogens (tertiary/aromatic N) is 3. The number of rotatable bonds is 5. The van der Waals surface area contributed by atoms with Gasteiger partial charge < -0.3 is 19.2 Å². The number of hydrogen-bond acceptors (Lipinski definition) is 6. The third-order valence-corrected chi connectivity index (χ3v) is 5.79. The maximum Gasteiger partial charge on any atom is 0.287 e. The Kier molecular flexibility index (Phi) is 5.33. The van der Waals surface area contributed by atoms with Gasteiger partial charge in [-0.3, -0.25) is 14.5 Å². The Labute approximate surface area is 180 Å². The molecule has 162 valence electrons. The molecule has 31 heavy (non-hydrogen) atoms. The number of aryl methyl sites for hydroxylation is 3. The lowest BCUT2D eigenvalue weighted by Gasteiger charge is -2.22. The van der Waals surface area contributed by atoms with Crippen LogP contribution >= 0.6 is 0 Å². The van der Waals surface area contributed by atoms with Crippen molar-refractivity contribution < 1.29 is 18.7 Å². The Morgan fingerprint density at radius 2 is 2.16 bits per heavy atom. The minimum absolute atomic E-state index is 0.125. The Morgan fingerprint density at radius 1 is 1.26 bits per heavy atom. The Hall–Kier alpha value is -2.97. The van der Waals surface area contributed by atoms with Gasteiger partial charge in [0, 0.05) is 36.5 Å². The van der Waals surface area contributed by atoms with Crippen LogP contribution in [0.1, 0.15) is 38.7 Å². The van der Waals surface area contributed by atoms with Crippen molar-refractivity contribution in [2.75, 3.05) is 26.4 Å². The van der Waals surface area contributed by atoms with Crippen molar-refractivity contribution in [3.63, 3.8) is 0 Å². The highest BCUT2D eigenvalue weighted by Crippen LogP contribution is 2.38. The molecule has 1 fully saturated rings. The van der Waals surface area contributed by atoms with Gasteiger partial charge in [-0.15, -0.1) is 0 Å². The second-order valence-corrected chi connectivity index (χ2v) is 8.16. The molecule has 1 aliphatic heterocycles. The summed E-state index contributed by atoms with van der Waals surface area (Å²) in [6, 6.07) is 4.08. The summed E-state index contributed by atoms with van der Waals surface area (Å²) >= 11 is 0. The van der Waals surface area contributed by atoms with Crippen LogP contribution in [-0.4, -0.2) is 53.1 Å². The normalized spacial score (nSPS) is 17.8. The fraction of sp³-hybridized carbons (Fsp3) is 0.435. The van der Waals surface area contributed by atoms with Gasteiger partial charge in [0.15, 0.2) is 5.76 Å². The van der Waals surface area contributed by atoms with E-state index >= 15 is 0 Å². The molecule has 5 rings (SSSR count). The number of fused-ring (bicyclic) bond motifs is 3. The highest BCUT2D eigenvalue weighted by Gasteiger charge is 2.30. The summed E-state index contributed by atoms with van der Waals surface area (Å²) in [5.41, 5.74) is 5.94. The average Bonchev–Trinajstić information content (AvgIpc) is 3.34. The zero-order valence-electron chi connectivity index (χ0n) is 17.8. The zero-order chi connectivity index (χ0) is 21.4. The van der Waals surface area contributed by atoms with Gasteiger partial charge in [-0.1, -0.05) is 6.07 Å². The highest BCUT2D eigenvalue weighted by molar-refractivity contribution is 5.95. The number of carbonyl (C=O) groups is 1. The fourth-order valence-electron chi connectivity index (χ4n) is 4.16. The van der Waals surface area contributed by atoms with Crippen LogP contribution in [0.25, 0.3) is 11.3 Å². The van der Waals surface area contributed by atoms with Gasteiger partial charge >= 0.3 is 0 Å². The Morgan fingerprint density at radius 3 is 2.94 bits per heavy atom.